The lowest BCUT2D eigenvalue weighted by Gasteiger charge is -2.37. The molecular formula is C21H30ClN3O2. The second-order valence-corrected chi connectivity index (χ2v) is 8.15. The summed E-state index contributed by atoms with van der Waals surface area (Å²) < 4.78 is 0. The van der Waals surface area contributed by atoms with Crippen LogP contribution >= 0.6 is 12.4 Å². The van der Waals surface area contributed by atoms with Crippen LogP contribution in [0.2, 0.25) is 0 Å². The van der Waals surface area contributed by atoms with Crippen LogP contribution in [0.1, 0.15) is 49.7 Å². The summed E-state index contributed by atoms with van der Waals surface area (Å²) in [6.45, 7) is 3.95. The molecular weight excluding hydrogens is 362 g/mol. The number of hydrogen-bond donors (Lipinski definition) is 2. The Morgan fingerprint density at radius 3 is 2.70 bits per heavy atom. The van der Waals surface area contributed by atoms with Crippen LogP contribution in [-0.2, 0) is 22.7 Å². The minimum Gasteiger partial charge on any atom is -0.351 e. The summed E-state index contributed by atoms with van der Waals surface area (Å²) in [6, 6.07) is 8.29. The van der Waals surface area contributed by atoms with Crippen molar-refractivity contribution in [3.63, 3.8) is 0 Å². The number of amides is 2. The number of fused-ring (bicyclic) bond motifs is 1. The van der Waals surface area contributed by atoms with Crippen LogP contribution in [0.3, 0.4) is 0 Å². The molecule has 1 aliphatic carbocycles. The molecule has 0 bridgehead atoms. The van der Waals surface area contributed by atoms with E-state index < -0.39 is 0 Å². The number of benzene rings is 1. The number of nitrogens with one attached hydrogen (secondary N) is 2. The van der Waals surface area contributed by atoms with E-state index in [4.69, 9.17) is 0 Å². The van der Waals surface area contributed by atoms with Crippen LogP contribution in [0.5, 0.6) is 0 Å². The average Bonchev–Trinajstić information content (AvgIpc) is 3.28. The van der Waals surface area contributed by atoms with Crippen LogP contribution in [0.4, 0.5) is 0 Å². The quantitative estimate of drug-likeness (QED) is 0.811. The summed E-state index contributed by atoms with van der Waals surface area (Å²) in [7, 11) is 0. The average molecular weight is 392 g/mol. The Balaban J connectivity index is 0.00000210. The molecule has 2 heterocycles. The molecule has 2 atom stereocenters. The van der Waals surface area contributed by atoms with Gasteiger partial charge >= 0.3 is 0 Å². The molecule has 148 valence electrons. The second-order valence-electron chi connectivity index (χ2n) is 8.15. The van der Waals surface area contributed by atoms with E-state index in [1.165, 1.54) is 12.8 Å². The summed E-state index contributed by atoms with van der Waals surface area (Å²) in [4.78, 5) is 26.6. The number of hydrogen-bond acceptors (Lipinski definition) is 3. The van der Waals surface area contributed by atoms with E-state index in [2.05, 4.69) is 34.9 Å². The van der Waals surface area contributed by atoms with Crippen LogP contribution in [-0.4, -0.2) is 36.3 Å². The van der Waals surface area contributed by atoms with Crippen molar-refractivity contribution in [3.05, 3.63) is 35.4 Å². The minimum absolute atomic E-state index is 0. The monoisotopic (exact) mass is 391 g/mol. The molecule has 0 unspecified atom stereocenters. The van der Waals surface area contributed by atoms with Gasteiger partial charge in [-0.2, -0.15) is 0 Å². The molecule has 0 spiro atoms. The van der Waals surface area contributed by atoms with Gasteiger partial charge in [0.05, 0.1) is 5.41 Å². The van der Waals surface area contributed by atoms with Gasteiger partial charge in [0, 0.05) is 32.6 Å². The van der Waals surface area contributed by atoms with Crippen LogP contribution < -0.4 is 10.6 Å². The Morgan fingerprint density at radius 1 is 1.19 bits per heavy atom. The van der Waals surface area contributed by atoms with Gasteiger partial charge in [0.1, 0.15) is 0 Å². The molecule has 0 aromatic heterocycles. The fraction of sp³-hybridized carbons (Fsp3) is 0.619. The van der Waals surface area contributed by atoms with Crippen molar-refractivity contribution >= 4 is 24.2 Å². The van der Waals surface area contributed by atoms with E-state index >= 15 is 0 Å². The van der Waals surface area contributed by atoms with Crippen molar-refractivity contribution in [1.82, 2.24) is 15.5 Å². The zero-order valence-corrected chi connectivity index (χ0v) is 16.7. The fourth-order valence-corrected chi connectivity index (χ4v) is 4.90. The first-order valence-corrected chi connectivity index (χ1v) is 10.0. The third kappa shape index (κ3) is 4.14. The molecule has 2 saturated heterocycles. The Labute approximate surface area is 167 Å². The second kappa shape index (κ2) is 8.61. The van der Waals surface area contributed by atoms with Gasteiger partial charge in [-0.3, -0.25) is 9.59 Å². The molecule has 2 aliphatic heterocycles. The van der Waals surface area contributed by atoms with Gasteiger partial charge in [-0.25, -0.2) is 0 Å². The smallest absolute Gasteiger partial charge is 0.228 e. The van der Waals surface area contributed by atoms with E-state index in [1.807, 2.05) is 4.90 Å². The van der Waals surface area contributed by atoms with Crippen molar-refractivity contribution < 1.29 is 9.59 Å². The number of likely N-dealkylation sites (tertiary alicyclic amines) is 1. The molecule has 27 heavy (non-hydrogen) atoms. The molecule has 0 radical (unpaired) electrons. The number of carbonyl (C=O) groups excluding carboxylic acids is 2. The molecule has 1 saturated carbocycles. The summed E-state index contributed by atoms with van der Waals surface area (Å²) in [6.07, 6.45) is 6.25. The maximum absolute atomic E-state index is 12.9. The normalized spacial score (nSPS) is 27.2. The molecule has 1 aromatic rings. The van der Waals surface area contributed by atoms with Crippen LogP contribution in [0.25, 0.3) is 0 Å². The number of halogens is 1. The first kappa shape index (κ1) is 20.2. The molecule has 1 aromatic carbocycles. The highest BCUT2D eigenvalue weighted by Crippen LogP contribution is 2.43. The van der Waals surface area contributed by atoms with Crippen molar-refractivity contribution in [2.75, 3.05) is 19.6 Å². The topological polar surface area (TPSA) is 61.4 Å². The van der Waals surface area contributed by atoms with Gasteiger partial charge in [-0.05, 0) is 42.9 Å². The molecule has 3 fully saturated rings. The lowest BCUT2D eigenvalue weighted by Crippen LogP contribution is -2.47. The largest absolute Gasteiger partial charge is 0.351 e. The van der Waals surface area contributed by atoms with Crippen molar-refractivity contribution in [1.29, 1.82) is 0 Å². The van der Waals surface area contributed by atoms with Crippen molar-refractivity contribution in [2.45, 2.75) is 51.6 Å². The molecule has 2 amide bonds. The highest BCUT2D eigenvalue weighted by atomic mass is 35.5. The van der Waals surface area contributed by atoms with Crippen LogP contribution in [0, 0.1) is 11.3 Å². The molecule has 6 heteroatoms. The Kier molecular flexibility index (Phi) is 6.43. The first-order chi connectivity index (χ1) is 12.7. The number of rotatable bonds is 5. The van der Waals surface area contributed by atoms with E-state index in [0.717, 1.165) is 50.0 Å². The standard InChI is InChI=1S/C21H29N3O2.ClH/c25-19-5-3-11-24(19)14-17-8-6-16(7-9-17)12-23-20(26)21-10-2-1-4-18(21)13-22-15-21;/h6-9,18,22H,1-5,10-15H2,(H,23,26);1H/t18-,21+;/m0./s1. The number of carbonyl (C=O) groups is 2. The van der Waals surface area contributed by atoms with Crippen molar-refractivity contribution in [2.24, 2.45) is 11.3 Å². The Hall–Kier alpha value is -1.59. The Morgan fingerprint density at radius 2 is 1.96 bits per heavy atom. The molecule has 4 rings (SSSR count). The fourth-order valence-electron chi connectivity index (χ4n) is 4.90. The van der Waals surface area contributed by atoms with Gasteiger partial charge < -0.3 is 15.5 Å². The van der Waals surface area contributed by atoms with E-state index in [1.54, 1.807) is 0 Å². The molecule has 2 N–H and O–H groups in total. The highest BCUT2D eigenvalue weighted by Gasteiger charge is 2.49. The summed E-state index contributed by atoms with van der Waals surface area (Å²) in [5, 5.41) is 6.62. The van der Waals surface area contributed by atoms with E-state index in [9.17, 15) is 9.59 Å². The van der Waals surface area contributed by atoms with Crippen molar-refractivity contribution in [3.8, 4) is 0 Å². The summed E-state index contributed by atoms with van der Waals surface area (Å²) >= 11 is 0. The van der Waals surface area contributed by atoms with Gasteiger partial charge in [-0.1, -0.05) is 37.1 Å². The van der Waals surface area contributed by atoms with Gasteiger partial charge in [-0.15, -0.1) is 12.4 Å². The van der Waals surface area contributed by atoms with Crippen LogP contribution in [0.15, 0.2) is 24.3 Å². The lowest BCUT2D eigenvalue weighted by atomic mass is 9.67. The predicted molar refractivity (Wildman–Crippen MR) is 107 cm³/mol. The third-order valence-corrected chi connectivity index (χ3v) is 6.51. The van der Waals surface area contributed by atoms with E-state index in [-0.39, 0.29) is 29.6 Å². The summed E-state index contributed by atoms with van der Waals surface area (Å²) in [5.41, 5.74) is 2.08. The zero-order valence-electron chi connectivity index (χ0n) is 15.8. The third-order valence-electron chi connectivity index (χ3n) is 6.51. The predicted octanol–water partition coefficient (Wildman–Crippen LogP) is 2.63. The van der Waals surface area contributed by atoms with E-state index in [0.29, 0.717) is 25.4 Å². The summed E-state index contributed by atoms with van der Waals surface area (Å²) in [5.74, 6) is 0.975. The lowest BCUT2D eigenvalue weighted by molar-refractivity contribution is -0.134. The molecule has 3 aliphatic rings. The maximum Gasteiger partial charge on any atom is 0.228 e. The van der Waals surface area contributed by atoms with Gasteiger partial charge in [0.15, 0.2) is 0 Å². The zero-order chi connectivity index (χ0) is 18.0. The SMILES string of the molecule is Cl.O=C1CCCN1Cc1ccc(CNC(=O)[C@@]23CCCC[C@H]2CNC3)cc1. The highest BCUT2D eigenvalue weighted by molar-refractivity contribution is 5.85. The molecule has 5 nitrogen and oxygen atoms in total. The Bertz CT molecular complexity index is 679. The maximum atomic E-state index is 12.9. The van der Waals surface area contributed by atoms with Gasteiger partial charge in [0.2, 0.25) is 11.8 Å². The number of nitrogens with zero attached hydrogens (tertiary/aromatic N) is 1. The minimum atomic E-state index is -0.186. The van der Waals surface area contributed by atoms with Gasteiger partial charge in [0.25, 0.3) is 0 Å². The first-order valence-electron chi connectivity index (χ1n) is 10.0.